The zero-order valence-corrected chi connectivity index (χ0v) is 27.2. The molecule has 1 aliphatic heterocycles. The van der Waals surface area contributed by atoms with Gasteiger partial charge in [-0.1, -0.05) is 6.07 Å². The van der Waals surface area contributed by atoms with Crippen LogP contribution in [-0.4, -0.2) is 87.6 Å². The molecule has 2 amide bonds. The van der Waals surface area contributed by atoms with Gasteiger partial charge in [-0.05, 0) is 61.7 Å². The molecule has 15 heteroatoms. The van der Waals surface area contributed by atoms with E-state index >= 15 is 0 Å². The van der Waals surface area contributed by atoms with Crippen LogP contribution in [0, 0.1) is 6.92 Å². The van der Waals surface area contributed by atoms with Crippen LogP contribution in [-0.2, 0) is 11.3 Å². The molecule has 1 saturated heterocycles. The van der Waals surface area contributed by atoms with Crippen molar-refractivity contribution >= 4 is 23.1 Å². The van der Waals surface area contributed by atoms with Gasteiger partial charge in [0.25, 0.3) is 11.8 Å². The minimum atomic E-state index is -3.13. The number of carbonyl (C=O) groups excluding carboxylic acids is 2. The molecule has 256 valence electrons. The second-order valence-corrected chi connectivity index (χ2v) is 11.7. The number of nitrogens with zero attached hydrogens (tertiary/aromatic N) is 6. The summed E-state index contributed by atoms with van der Waals surface area (Å²) in [5.41, 5.74) is 2.34. The molecule has 5 aromatic rings. The third kappa shape index (κ3) is 7.84. The molecule has 1 aliphatic rings. The van der Waals surface area contributed by atoms with Gasteiger partial charge in [-0.3, -0.25) is 14.3 Å². The number of hydrogen-bond donors (Lipinski definition) is 2. The van der Waals surface area contributed by atoms with Gasteiger partial charge in [0.05, 0.1) is 30.6 Å². The molecule has 6 rings (SSSR count). The van der Waals surface area contributed by atoms with E-state index in [1.54, 1.807) is 61.6 Å². The van der Waals surface area contributed by atoms with Gasteiger partial charge in [0, 0.05) is 57.4 Å². The van der Waals surface area contributed by atoms with E-state index in [4.69, 9.17) is 19.3 Å². The third-order valence-corrected chi connectivity index (χ3v) is 7.97. The maximum Gasteiger partial charge on any atom is 0.387 e. The van der Waals surface area contributed by atoms with Crippen LogP contribution in [0.2, 0.25) is 0 Å². The summed E-state index contributed by atoms with van der Waals surface area (Å²) in [6.07, 6.45) is 8.21. The molecule has 13 nitrogen and oxygen atoms in total. The number of hydrogen-bond acceptors (Lipinski definition) is 9. The number of rotatable bonds is 12. The molecular weight excluding hydrogens is 638 g/mol. The highest BCUT2D eigenvalue weighted by molar-refractivity contribution is 6.09. The predicted octanol–water partition coefficient (Wildman–Crippen LogP) is 5.02. The Balaban J connectivity index is 1.35. The quantitative estimate of drug-likeness (QED) is 0.187. The van der Waals surface area contributed by atoms with E-state index in [9.17, 15) is 18.4 Å². The van der Waals surface area contributed by atoms with E-state index in [1.807, 2.05) is 6.92 Å². The summed E-state index contributed by atoms with van der Waals surface area (Å²) < 4.78 is 47.0. The molecule has 0 unspecified atom stereocenters. The summed E-state index contributed by atoms with van der Waals surface area (Å²) in [5.74, 6) is -0.260. The number of halogens is 2. The van der Waals surface area contributed by atoms with Crippen molar-refractivity contribution in [2.45, 2.75) is 39.0 Å². The van der Waals surface area contributed by atoms with Crippen molar-refractivity contribution in [3.63, 3.8) is 0 Å². The van der Waals surface area contributed by atoms with Crippen LogP contribution >= 0.6 is 0 Å². The van der Waals surface area contributed by atoms with Gasteiger partial charge < -0.3 is 29.7 Å². The maximum atomic E-state index is 13.7. The van der Waals surface area contributed by atoms with Crippen LogP contribution in [0.25, 0.3) is 16.9 Å². The Morgan fingerprint density at radius 3 is 2.73 bits per heavy atom. The van der Waals surface area contributed by atoms with E-state index in [0.29, 0.717) is 36.7 Å². The van der Waals surface area contributed by atoms with Crippen molar-refractivity contribution < 1.29 is 32.6 Å². The topological polar surface area (TPSA) is 137 Å². The number of aromatic nitrogens is 5. The fourth-order valence-electron chi connectivity index (χ4n) is 5.52. The van der Waals surface area contributed by atoms with Crippen LogP contribution in [0.3, 0.4) is 0 Å². The first-order valence-corrected chi connectivity index (χ1v) is 15.7. The second-order valence-electron chi connectivity index (χ2n) is 11.7. The molecule has 1 atom stereocenters. The monoisotopic (exact) mass is 674 g/mol. The van der Waals surface area contributed by atoms with Gasteiger partial charge in [0.1, 0.15) is 28.5 Å². The lowest BCUT2D eigenvalue weighted by molar-refractivity contribution is -0.0495. The summed E-state index contributed by atoms with van der Waals surface area (Å²) in [6.45, 7) is 1.01. The van der Waals surface area contributed by atoms with Gasteiger partial charge in [0.2, 0.25) is 0 Å². The molecule has 0 saturated carbocycles. The number of aryl methyl sites for hydroxylation is 1. The highest BCUT2D eigenvalue weighted by Crippen LogP contribution is 2.39. The number of ether oxygens (including phenoxy) is 3. The lowest BCUT2D eigenvalue weighted by Crippen LogP contribution is -2.38. The third-order valence-electron chi connectivity index (χ3n) is 7.97. The lowest BCUT2D eigenvalue weighted by Gasteiger charge is -2.23. The first kappa shape index (κ1) is 33.5. The number of benzene rings is 2. The van der Waals surface area contributed by atoms with Crippen LogP contribution in [0.5, 0.6) is 17.2 Å². The molecule has 4 heterocycles. The van der Waals surface area contributed by atoms with Crippen LogP contribution < -0.4 is 20.1 Å². The number of amides is 2. The second kappa shape index (κ2) is 14.8. The molecule has 2 aromatic carbocycles. The van der Waals surface area contributed by atoms with Crippen molar-refractivity contribution in [2.24, 2.45) is 0 Å². The summed E-state index contributed by atoms with van der Waals surface area (Å²) >= 11 is 0. The Labute approximate surface area is 280 Å². The smallest absolute Gasteiger partial charge is 0.387 e. The number of fused-ring (bicyclic) bond motifs is 1. The minimum absolute atomic E-state index is 0.148. The lowest BCUT2D eigenvalue weighted by atomic mass is 10.1. The number of anilines is 1. The fourth-order valence-corrected chi connectivity index (χ4v) is 5.52. The van der Waals surface area contributed by atoms with E-state index in [1.165, 1.54) is 33.8 Å². The van der Waals surface area contributed by atoms with E-state index < -0.39 is 12.5 Å². The minimum Gasteiger partial charge on any atom is -0.457 e. The van der Waals surface area contributed by atoms with Crippen LogP contribution in [0.1, 0.15) is 39.1 Å². The summed E-state index contributed by atoms with van der Waals surface area (Å²) in [5, 5.41) is 15.2. The molecule has 0 radical (unpaired) electrons. The van der Waals surface area contributed by atoms with Crippen molar-refractivity contribution in [2.75, 3.05) is 39.2 Å². The van der Waals surface area contributed by atoms with Gasteiger partial charge in [-0.15, -0.1) is 0 Å². The molecular formula is C34H36F2N8O5. The van der Waals surface area contributed by atoms with E-state index in [2.05, 4.69) is 20.7 Å². The van der Waals surface area contributed by atoms with Crippen molar-refractivity contribution in [3.05, 3.63) is 83.9 Å². The zero-order valence-electron chi connectivity index (χ0n) is 27.2. The van der Waals surface area contributed by atoms with Gasteiger partial charge >= 0.3 is 6.61 Å². The Kier molecular flexibility index (Phi) is 10.1. The standard InChI is InChI=1S/C34H36F2N8O5/c1-21-7-8-23(16-25(21)33(46)42(2)3)48-24-9-10-29(49-34(35)36)26(17-24)30-28(19-43(41-30)14-12-37-22-6-4-15-47-20-22)40-32(45)27-18-39-44-13-5-11-38-31(27)44/h5,7-11,13,16-19,22,34,37H,4,6,12,14-15,20H2,1-3H3,(H,40,45)/t22-/m1/s1. The molecule has 2 N–H and O–H groups in total. The van der Waals surface area contributed by atoms with Crippen LogP contribution in [0.15, 0.2) is 67.3 Å². The number of carbonyl (C=O) groups is 2. The number of nitrogens with one attached hydrogen (secondary N) is 2. The van der Waals surface area contributed by atoms with Gasteiger partial charge in [-0.25, -0.2) is 9.50 Å². The average molecular weight is 675 g/mol. The van der Waals surface area contributed by atoms with Gasteiger partial charge in [-0.2, -0.15) is 19.0 Å². The van der Waals surface area contributed by atoms with Gasteiger partial charge in [0.15, 0.2) is 5.65 Å². The Bertz CT molecular complexity index is 1950. The predicted molar refractivity (Wildman–Crippen MR) is 176 cm³/mol. The average Bonchev–Trinajstić information content (AvgIpc) is 3.70. The fraction of sp³-hybridized carbons (Fsp3) is 0.324. The normalized spacial score (nSPS) is 14.6. The van der Waals surface area contributed by atoms with Crippen LogP contribution in [0.4, 0.5) is 14.5 Å². The highest BCUT2D eigenvalue weighted by atomic mass is 19.3. The molecule has 0 spiro atoms. The molecule has 3 aromatic heterocycles. The zero-order chi connectivity index (χ0) is 34.5. The van der Waals surface area contributed by atoms with E-state index in [0.717, 1.165) is 25.0 Å². The Morgan fingerprint density at radius 1 is 1.14 bits per heavy atom. The van der Waals surface area contributed by atoms with Crippen molar-refractivity contribution in [1.29, 1.82) is 0 Å². The van der Waals surface area contributed by atoms with E-state index in [-0.39, 0.29) is 46.0 Å². The Hall–Kier alpha value is -5.41. The molecule has 49 heavy (non-hydrogen) atoms. The summed E-state index contributed by atoms with van der Waals surface area (Å²) in [7, 11) is 3.32. The molecule has 0 bridgehead atoms. The maximum absolute atomic E-state index is 13.7. The summed E-state index contributed by atoms with van der Waals surface area (Å²) in [4.78, 5) is 32.0. The first-order chi connectivity index (χ1) is 23.7. The largest absolute Gasteiger partial charge is 0.457 e. The Morgan fingerprint density at radius 2 is 1.96 bits per heavy atom. The van der Waals surface area contributed by atoms with Crippen molar-refractivity contribution in [3.8, 4) is 28.5 Å². The summed E-state index contributed by atoms with van der Waals surface area (Å²) in [6, 6.07) is 11.3. The first-order valence-electron chi connectivity index (χ1n) is 15.7. The highest BCUT2D eigenvalue weighted by Gasteiger charge is 2.23. The molecule has 0 aliphatic carbocycles. The molecule has 1 fully saturated rings. The number of alkyl halides is 2. The van der Waals surface area contributed by atoms with Crippen molar-refractivity contribution in [1.82, 2.24) is 34.6 Å². The SMILES string of the molecule is Cc1ccc(Oc2ccc(OC(F)F)c(-c3nn(CCN[C@@H]4CCCOC4)cc3NC(=O)c3cnn4cccnc34)c2)cc1C(=O)N(C)C.